The normalized spacial score (nSPS) is 13.7. The summed E-state index contributed by atoms with van der Waals surface area (Å²) in [5.41, 5.74) is 0.838. The average Bonchev–Trinajstić information content (AvgIpc) is 3.01. The number of aliphatic hydroxyl groups excluding tert-OH is 2. The van der Waals surface area contributed by atoms with Crippen LogP contribution >= 0.6 is 0 Å². The van der Waals surface area contributed by atoms with Crippen LogP contribution < -0.4 is 19.5 Å². The first-order chi connectivity index (χ1) is 10.7. The minimum atomic E-state index is -0.774. The molecule has 3 N–H and O–H groups in total. The molecule has 1 atom stereocenters. The van der Waals surface area contributed by atoms with Crippen molar-refractivity contribution in [1.29, 1.82) is 0 Å². The molecule has 116 valence electrons. The van der Waals surface area contributed by atoms with Crippen molar-refractivity contribution in [2.45, 2.75) is 6.10 Å². The van der Waals surface area contributed by atoms with Crippen LogP contribution in [0.4, 0.5) is 5.69 Å². The molecule has 0 spiro atoms. The highest BCUT2D eigenvalue weighted by molar-refractivity contribution is 5.50. The first-order valence-corrected chi connectivity index (χ1v) is 6.95. The number of hydrogen-bond acceptors (Lipinski definition) is 6. The number of aliphatic hydroxyl groups is 2. The minimum absolute atomic E-state index is 0.235. The fourth-order valence-corrected chi connectivity index (χ4v) is 2.02. The highest BCUT2D eigenvalue weighted by Gasteiger charge is 2.13. The van der Waals surface area contributed by atoms with E-state index in [1.54, 1.807) is 6.07 Å². The number of benzene rings is 2. The molecule has 0 aromatic heterocycles. The third-order valence-corrected chi connectivity index (χ3v) is 3.19. The average molecular weight is 303 g/mol. The maximum Gasteiger partial charge on any atom is 0.231 e. The molecular weight excluding hydrogens is 286 g/mol. The van der Waals surface area contributed by atoms with Gasteiger partial charge in [-0.1, -0.05) is 0 Å². The van der Waals surface area contributed by atoms with Gasteiger partial charge in [-0.05, 0) is 36.4 Å². The van der Waals surface area contributed by atoms with Crippen LogP contribution in [-0.2, 0) is 0 Å². The Labute approximate surface area is 127 Å². The second kappa shape index (κ2) is 6.55. The summed E-state index contributed by atoms with van der Waals surface area (Å²) in [6, 6.07) is 12.7. The molecule has 1 heterocycles. The molecule has 1 aliphatic rings. The van der Waals surface area contributed by atoms with Gasteiger partial charge in [0.2, 0.25) is 6.79 Å². The molecule has 22 heavy (non-hydrogen) atoms. The highest BCUT2D eigenvalue weighted by Crippen LogP contribution is 2.36. The molecule has 1 unspecified atom stereocenters. The quantitative estimate of drug-likeness (QED) is 0.757. The summed E-state index contributed by atoms with van der Waals surface area (Å²) in [5, 5.41) is 21.1. The van der Waals surface area contributed by atoms with Gasteiger partial charge in [0.15, 0.2) is 11.5 Å². The Bertz CT molecular complexity index is 629. The Hall–Kier alpha value is -2.44. The van der Waals surface area contributed by atoms with E-state index in [1.807, 2.05) is 36.4 Å². The maximum absolute atomic E-state index is 9.29. The first-order valence-electron chi connectivity index (χ1n) is 6.95. The number of anilines is 1. The van der Waals surface area contributed by atoms with Gasteiger partial charge < -0.3 is 29.7 Å². The summed E-state index contributed by atoms with van der Waals surface area (Å²) in [5.74, 6) is 2.75. The Balaban J connectivity index is 1.61. The van der Waals surface area contributed by atoms with Gasteiger partial charge in [-0.3, -0.25) is 0 Å². The van der Waals surface area contributed by atoms with Crippen LogP contribution in [0.5, 0.6) is 23.0 Å². The number of rotatable bonds is 6. The summed E-state index contributed by atoms with van der Waals surface area (Å²) in [6.07, 6.45) is -0.774. The van der Waals surface area contributed by atoms with Crippen LogP contribution in [-0.4, -0.2) is 36.3 Å². The Morgan fingerprint density at radius 3 is 2.55 bits per heavy atom. The molecule has 0 radical (unpaired) electrons. The van der Waals surface area contributed by atoms with Crippen LogP contribution in [0.25, 0.3) is 0 Å². The van der Waals surface area contributed by atoms with Gasteiger partial charge in [0.1, 0.15) is 11.5 Å². The molecule has 2 aromatic rings. The number of hydrogen-bond donors (Lipinski definition) is 3. The van der Waals surface area contributed by atoms with E-state index in [0.717, 1.165) is 5.69 Å². The zero-order valence-corrected chi connectivity index (χ0v) is 11.9. The Morgan fingerprint density at radius 2 is 1.77 bits per heavy atom. The summed E-state index contributed by atoms with van der Waals surface area (Å²) in [4.78, 5) is 0. The van der Waals surface area contributed by atoms with Gasteiger partial charge >= 0.3 is 0 Å². The van der Waals surface area contributed by atoms with E-state index in [-0.39, 0.29) is 13.4 Å². The fourth-order valence-electron chi connectivity index (χ4n) is 2.02. The van der Waals surface area contributed by atoms with Crippen molar-refractivity contribution in [3.63, 3.8) is 0 Å². The molecule has 0 saturated carbocycles. The van der Waals surface area contributed by atoms with Crippen LogP contribution in [0.1, 0.15) is 0 Å². The lowest BCUT2D eigenvalue weighted by Crippen LogP contribution is -2.22. The van der Waals surface area contributed by atoms with Crippen molar-refractivity contribution in [1.82, 2.24) is 0 Å². The summed E-state index contributed by atoms with van der Waals surface area (Å²) in [7, 11) is 0. The maximum atomic E-state index is 9.29. The van der Waals surface area contributed by atoms with Crippen LogP contribution in [0.15, 0.2) is 42.5 Å². The summed E-state index contributed by atoms with van der Waals surface area (Å²) in [6.45, 7) is 0.260. The Morgan fingerprint density at radius 1 is 1.05 bits per heavy atom. The van der Waals surface area contributed by atoms with E-state index in [1.165, 1.54) is 0 Å². The van der Waals surface area contributed by atoms with Crippen LogP contribution in [0, 0.1) is 0 Å². The van der Waals surface area contributed by atoms with Crippen molar-refractivity contribution < 1.29 is 24.4 Å². The molecule has 0 bridgehead atoms. The van der Waals surface area contributed by atoms with Crippen LogP contribution in [0.2, 0.25) is 0 Å². The van der Waals surface area contributed by atoms with E-state index in [0.29, 0.717) is 29.5 Å². The van der Waals surface area contributed by atoms with E-state index in [9.17, 15) is 5.11 Å². The van der Waals surface area contributed by atoms with Gasteiger partial charge in [0, 0.05) is 18.3 Å². The molecule has 3 rings (SSSR count). The van der Waals surface area contributed by atoms with Gasteiger partial charge in [0.25, 0.3) is 0 Å². The number of ether oxygens (including phenoxy) is 3. The number of nitrogens with one attached hydrogen (secondary N) is 1. The Kier molecular flexibility index (Phi) is 4.32. The zero-order valence-electron chi connectivity index (χ0n) is 11.9. The smallest absolute Gasteiger partial charge is 0.231 e. The van der Waals surface area contributed by atoms with Crippen molar-refractivity contribution in [3.8, 4) is 23.0 Å². The highest BCUT2D eigenvalue weighted by atomic mass is 16.7. The molecule has 1 aliphatic heterocycles. The lowest BCUT2D eigenvalue weighted by atomic mass is 10.2. The van der Waals surface area contributed by atoms with Gasteiger partial charge in [-0.15, -0.1) is 0 Å². The lowest BCUT2D eigenvalue weighted by molar-refractivity contribution is 0.105. The molecule has 6 nitrogen and oxygen atoms in total. The van der Waals surface area contributed by atoms with Crippen LogP contribution in [0.3, 0.4) is 0 Å². The standard InChI is InChI=1S/C16H17NO5/c18-9-12(19)8-17-11-1-3-13(4-2-11)22-14-5-6-15-16(7-14)21-10-20-15/h1-7,12,17-19H,8-10H2. The fraction of sp³-hybridized carbons (Fsp3) is 0.250. The molecule has 0 fully saturated rings. The van der Waals surface area contributed by atoms with Crippen molar-refractivity contribution in [2.24, 2.45) is 0 Å². The van der Waals surface area contributed by atoms with Gasteiger partial charge in [0.05, 0.1) is 12.7 Å². The van der Waals surface area contributed by atoms with Crippen molar-refractivity contribution in [2.75, 3.05) is 25.3 Å². The third-order valence-electron chi connectivity index (χ3n) is 3.19. The largest absolute Gasteiger partial charge is 0.457 e. The van der Waals surface area contributed by atoms with Gasteiger partial charge in [-0.25, -0.2) is 0 Å². The van der Waals surface area contributed by atoms with E-state index < -0.39 is 6.10 Å². The third kappa shape index (κ3) is 3.41. The molecule has 0 saturated heterocycles. The minimum Gasteiger partial charge on any atom is -0.457 e. The second-order valence-corrected chi connectivity index (χ2v) is 4.86. The van der Waals surface area contributed by atoms with Crippen molar-refractivity contribution >= 4 is 5.69 Å². The SMILES string of the molecule is OCC(O)CNc1ccc(Oc2ccc3c(c2)OCO3)cc1. The molecular formula is C16H17NO5. The van der Waals surface area contributed by atoms with E-state index in [4.69, 9.17) is 19.3 Å². The summed E-state index contributed by atoms with van der Waals surface area (Å²) >= 11 is 0. The zero-order chi connectivity index (χ0) is 15.4. The molecule has 0 aliphatic carbocycles. The predicted molar refractivity (Wildman–Crippen MR) is 80.7 cm³/mol. The number of fused-ring (bicyclic) bond motifs is 1. The first kappa shape index (κ1) is 14.5. The monoisotopic (exact) mass is 303 g/mol. The molecule has 2 aromatic carbocycles. The molecule has 6 heteroatoms. The van der Waals surface area contributed by atoms with E-state index >= 15 is 0 Å². The van der Waals surface area contributed by atoms with Crippen molar-refractivity contribution in [3.05, 3.63) is 42.5 Å². The predicted octanol–water partition coefficient (Wildman–Crippen LogP) is 1.97. The topological polar surface area (TPSA) is 80.2 Å². The van der Waals surface area contributed by atoms with E-state index in [2.05, 4.69) is 5.32 Å². The lowest BCUT2D eigenvalue weighted by Gasteiger charge is -2.11. The molecule has 0 amide bonds. The van der Waals surface area contributed by atoms with Gasteiger partial charge in [-0.2, -0.15) is 0 Å². The second-order valence-electron chi connectivity index (χ2n) is 4.86. The summed E-state index contributed by atoms with van der Waals surface area (Å²) < 4.78 is 16.3.